The average molecular weight is 373 g/mol. The van der Waals surface area contributed by atoms with Crippen LogP contribution in [0.1, 0.15) is 35.2 Å². The average Bonchev–Trinajstić information content (AvgIpc) is 2.62. The Labute approximate surface area is 158 Å². The van der Waals surface area contributed by atoms with Crippen molar-refractivity contribution in [1.29, 1.82) is 0 Å². The molecule has 1 N–H and O–H groups in total. The molecule has 0 fully saturated rings. The van der Waals surface area contributed by atoms with E-state index >= 15 is 0 Å². The molecular formula is C21H24FNO4. The molecule has 1 atom stereocenters. The Morgan fingerprint density at radius 2 is 1.85 bits per heavy atom. The number of nitrogens with one attached hydrogen (secondary N) is 1. The molecule has 0 heterocycles. The number of rotatable bonds is 7. The molecule has 1 amide bonds. The lowest BCUT2D eigenvalue weighted by atomic mass is 10.0. The monoisotopic (exact) mass is 373 g/mol. The van der Waals surface area contributed by atoms with Crippen molar-refractivity contribution in [1.82, 2.24) is 5.32 Å². The summed E-state index contributed by atoms with van der Waals surface area (Å²) in [4.78, 5) is 23.9. The van der Waals surface area contributed by atoms with Crippen LogP contribution < -0.4 is 10.1 Å². The second kappa shape index (κ2) is 9.16. The van der Waals surface area contributed by atoms with Crippen LogP contribution in [0.2, 0.25) is 0 Å². The lowest BCUT2D eigenvalue weighted by molar-refractivity contribution is -0.148. The van der Waals surface area contributed by atoms with E-state index in [-0.39, 0.29) is 24.8 Å². The van der Waals surface area contributed by atoms with Crippen LogP contribution in [-0.2, 0) is 20.7 Å². The minimum absolute atomic E-state index is 0.104. The standard InChI is InChI=1S/C21H24FNO4/c1-13-5-7-17(9-14(13)2)15(3)23-20(24)12-27-21(25)11-16-6-8-19(26-4)18(22)10-16/h5-10,15H,11-12H2,1-4H3,(H,23,24)/t15-/m0/s1. The van der Waals surface area contributed by atoms with E-state index in [4.69, 9.17) is 9.47 Å². The fraction of sp³-hybridized carbons (Fsp3) is 0.333. The molecule has 6 heteroatoms. The Kier molecular flexibility index (Phi) is 6.93. The molecule has 27 heavy (non-hydrogen) atoms. The summed E-state index contributed by atoms with van der Waals surface area (Å²) in [5, 5.41) is 2.79. The van der Waals surface area contributed by atoms with Gasteiger partial charge in [-0.2, -0.15) is 0 Å². The van der Waals surface area contributed by atoms with Crippen LogP contribution in [0.4, 0.5) is 4.39 Å². The number of aryl methyl sites for hydroxylation is 2. The van der Waals surface area contributed by atoms with E-state index in [2.05, 4.69) is 5.32 Å². The first-order chi connectivity index (χ1) is 12.8. The normalized spacial score (nSPS) is 11.6. The van der Waals surface area contributed by atoms with E-state index in [0.717, 1.165) is 11.1 Å². The van der Waals surface area contributed by atoms with Crippen LogP contribution in [0.5, 0.6) is 5.75 Å². The highest BCUT2D eigenvalue weighted by atomic mass is 19.1. The van der Waals surface area contributed by atoms with Crippen LogP contribution in [0, 0.1) is 19.7 Å². The van der Waals surface area contributed by atoms with E-state index in [1.54, 1.807) is 6.07 Å². The largest absolute Gasteiger partial charge is 0.494 e. The van der Waals surface area contributed by atoms with Gasteiger partial charge < -0.3 is 14.8 Å². The fourth-order valence-electron chi connectivity index (χ4n) is 2.58. The molecule has 2 aromatic carbocycles. The molecule has 0 aromatic heterocycles. The fourth-order valence-corrected chi connectivity index (χ4v) is 2.58. The van der Waals surface area contributed by atoms with Crippen molar-refractivity contribution in [3.63, 3.8) is 0 Å². The van der Waals surface area contributed by atoms with Crippen molar-refractivity contribution in [3.8, 4) is 5.75 Å². The predicted octanol–water partition coefficient (Wildman–Crippen LogP) is 3.41. The summed E-state index contributed by atoms with van der Waals surface area (Å²) >= 11 is 0. The molecule has 0 saturated carbocycles. The summed E-state index contributed by atoms with van der Waals surface area (Å²) < 4.78 is 23.4. The van der Waals surface area contributed by atoms with Gasteiger partial charge >= 0.3 is 5.97 Å². The Balaban J connectivity index is 1.83. The van der Waals surface area contributed by atoms with Gasteiger partial charge in [0.2, 0.25) is 0 Å². The molecule has 0 unspecified atom stereocenters. The summed E-state index contributed by atoms with van der Waals surface area (Å²) in [6, 6.07) is 10.00. The number of hydrogen-bond donors (Lipinski definition) is 1. The first-order valence-corrected chi connectivity index (χ1v) is 8.64. The van der Waals surface area contributed by atoms with Gasteiger partial charge in [0.25, 0.3) is 5.91 Å². The second-order valence-electron chi connectivity index (χ2n) is 6.44. The Morgan fingerprint density at radius 3 is 2.48 bits per heavy atom. The van der Waals surface area contributed by atoms with Crippen molar-refractivity contribution >= 4 is 11.9 Å². The smallest absolute Gasteiger partial charge is 0.310 e. The molecule has 0 radical (unpaired) electrons. The minimum atomic E-state index is -0.603. The Morgan fingerprint density at radius 1 is 1.11 bits per heavy atom. The third-order valence-corrected chi connectivity index (χ3v) is 4.34. The predicted molar refractivity (Wildman–Crippen MR) is 100 cm³/mol. The quantitative estimate of drug-likeness (QED) is 0.756. The van der Waals surface area contributed by atoms with Gasteiger partial charge in [0.15, 0.2) is 18.2 Å². The van der Waals surface area contributed by atoms with E-state index in [1.165, 1.54) is 24.8 Å². The van der Waals surface area contributed by atoms with E-state index in [1.807, 2.05) is 39.0 Å². The Bertz CT molecular complexity index is 835. The van der Waals surface area contributed by atoms with E-state index in [9.17, 15) is 14.0 Å². The van der Waals surface area contributed by atoms with Crippen molar-refractivity contribution in [2.45, 2.75) is 33.2 Å². The molecule has 0 saturated heterocycles. The lowest BCUT2D eigenvalue weighted by Gasteiger charge is -2.16. The number of hydrogen-bond acceptors (Lipinski definition) is 4. The van der Waals surface area contributed by atoms with Gasteiger partial charge in [-0.15, -0.1) is 0 Å². The zero-order chi connectivity index (χ0) is 20.0. The number of ether oxygens (including phenoxy) is 2. The molecule has 0 aliphatic carbocycles. The van der Waals surface area contributed by atoms with E-state index in [0.29, 0.717) is 5.56 Å². The number of methoxy groups -OCH3 is 1. The van der Waals surface area contributed by atoms with Crippen molar-refractivity contribution < 1.29 is 23.5 Å². The van der Waals surface area contributed by atoms with Crippen LogP contribution >= 0.6 is 0 Å². The zero-order valence-electron chi connectivity index (χ0n) is 16.0. The SMILES string of the molecule is COc1ccc(CC(=O)OCC(=O)N[C@@H](C)c2ccc(C)c(C)c2)cc1F. The van der Waals surface area contributed by atoms with Crippen LogP contribution in [0.3, 0.4) is 0 Å². The van der Waals surface area contributed by atoms with Crippen molar-refractivity contribution in [2.24, 2.45) is 0 Å². The zero-order valence-corrected chi connectivity index (χ0v) is 16.0. The molecule has 2 rings (SSSR count). The third-order valence-electron chi connectivity index (χ3n) is 4.34. The summed E-state index contributed by atoms with van der Waals surface area (Å²) in [6.07, 6.45) is -0.124. The Hall–Kier alpha value is -2.89. The summed E-state index contributed by atoms with van der Waals surface area (Å²) in [5.74, 6) is -1.45. The first-order valence-electron chi connectivity index (χ1n) is 8.64. The second-order valence-corrected chi connectivity index (χ2v) is 6.44. The first kappa shape index (κ1) is 20.4. The van der Waals surface area contributed by atoms with Crippen molar-refractivity contribution in [2.75, 3.05) is 13.7 Å². The number of carbonyl (C=O) groups is 2. The molecule has 0 bridgehead atoms. The van der Waals surface area contributed by atoms with Gasteiger partial charge in [0.05, 0.1) is 19.6 Å². The van der Waals surface area contributed by atoms with Crippen LogP contribution in [0.15, 0.2) is 36.4 Å². The molecule has 0 spiro atoms. The molecule has 2 aromatic rings. The maximum absolute atomic E-state index is 13.6. The van der Waals surface area contributed by atoms with Crippen molar-refractivity contribution in [3.05, 3.63) is 64.5 Å². The summed E-state index contributed by atoms with van der Waals surface area (Å²) in [6.45, 7) is 5.52. The van der Waals surface area contributed by atoms with Gasteiger partial charge in [-0.1, -0.05) is 24.3 Å². The molecule has 5 nitrogen and oxygen atoms in total. The molecule has 0 aliphatic rings. The lowest BCUT2D eigenvalue weighted by Crippen LogP contribution is -2.31. The highest BCUT2D eigenvalue weighted by Gasteiger charge is 2.14. The minimum Gasteiger partial charge on any atom is -0.494 e. The maximum Gasteiger partial charge on any atom is 0.310 e. The summed E-state index contributed by atoms with van der Waals surface area (Å²) in [5.41, 5.74) is 3.75. The maximum atomic E-state index is 13.6. The number of halogens is 1. The van der Waals surface area contributed by atoms with Gasteiger partial charge in [-0.25, -0.2) is 4.39 Å². The number of benzene rings is 2. The summed E-state index contributed by atoms with van der Waals surface area (Å²) in [7, 11) is 1.36. The van der Waals surface area contributed by atoms with Gasteiger partial charge in [-0.3, -0.25) is 9.59 Å². The van der Waals surface area contributed by atoms with Gasteiger partial charge in [-0.05, 0) is 55.2 Å². The number of esters is 1. The van der Waals surface area contributed by atoms with Crippen LogP contribution in [-0.4, -0.2) is 25.6 Å². The molecular weight excluding hydrogens is 349 g/mol. The van der Waals surface area contributed by atoms with Crippen LogP contribution in [0.25, 0.3) is 0 Å². The number of amides is 1. The molecule has 0 aliphatic heterocycles. The number of carbonyl (C=O) groups excluding carboxylic acids is 2. The van der Waals surface area contributed by atoms with Gasteiger partial charge in [0.1, 0.15) is 0 Å². The van der Waals surface area contributed by atoms with Gasteiger partial charge in [0, 0.05) is 0 Å². The highest BCUT2D eigenvalue weighted by Crippen LogP contribution is 2.18. The topological polar surface area (TPSA) is 64.6 Å². The highest BCUT2D eigenvalue weighted by molar-refractivity contribution is 5.81. The van der Waals surface area contributed by atoms with E-state index < -0.39 is 17.7 Å². The third kappa shape index (κ3) is 5.81. The molecule has 144 valence electrons.